The predicted molar refractivity (Wildman–Crippen MR) is 58.7 cm³/mol. The van der Waals surface area contributed by atoms with Crippen LogP contribution in [0.3, 0.4) is 0 Å². The fraction of sp³-hybridized carbons (Fsp3) is 0.667. The molecule has 2 heterocycles. The zero-order valence-corrected chi connectivity index (χ0v) is 9.85. The maximum absolute atomic E-state index is 11.4. The van der Waals surface area contributed by atoms with Crippen LogP contribution in [0.1, 0.15) is 28.6 Å². The standard InChI is InChI=1S/C9H13NO3S2/c11-5-8-4-10-9(14-8)7-2-1-3-15(12,13)6-7/h4,7,11H,1-3,5-6H2. The maximum atomic E-state index is 11.4. The third-order valence-corrected chi connectivity index (χ3v) is 5.51. The lowest BCUT2D eigenvalue weighted by Gasteiger charge is -2.19. The van der Waals surface area contributed by atoms with Gasteiger partial charge in [0.05, 0.1) is 28.0 Å². The van der Waals surface area contributed by atoms with Gasteiger partial charge in [-0.15, -0.1) is 11.3 Å². The van der Waals surface area contributed by atoms with Crippen LogP contribution in [0.4, 0.5) is 0 Å². The molecule has 1 atom stereocenters. The molecule has 0 spiro atoms. The molecular formula is C9H13NO3S2. The summed E-state index contributed by atoms with van der Waals surface area (Å²) >= 11 is 1.41. The van der Waals surface area contributed by atoms with Gasteiger partial charge in [0.1, 0.15) is 0 Å². The van der Waals surface area contributed by atoms with Crippen molar-refractivity contribution in [1.29, 1.82) is 0 Å². The van der Waals surface area contributed by atoms with Crippen LogP contribution in [0.15, 0.2) is 6.20 Å². The normalized spacial score (nSPS) is 25.3. The van der Waals surface area contributed by atoms with Crippen molar-refractivity contribution in [2.45, 2.75) is 25.4 Å². The zero-order valence-electron chi connectivity index (χ0n) is 8.22. The second kappa shape index (κ2) is 4.19. The van der Waals surface area contributed by atoms with E-state index in [1.807, 2.05) is 0 Å². The van der Waals surface area contributed by atoms with Crippen molar-refractivity contribution < 1.29 is 13.5 Å². The first kappa shape index (κ1) is 11.0. The third kappa shape index (κ3) is 2.56. The lowest BCUT2D eigenvalue weighted by molar-refractivity contribution is 0.285. The molecule has 0 aliphatic carbocycles. The van der Waals surface area contributed by atoms with Crippen molar-refractivity contribution in [2.24, 2.45) is 0 Å². The van der Waals surface area contributed by atoms with E-state index in [1.54, 1.807) is 6.20 Å². The molecule has 1 saturated heterocycles. The zero-order chi connectivity index (χ0) is 10.9. The number of sulfone groups is 1. The van der Waals surface area contributed by atoms with Gasteiger partial charge < -0.3 is 5.11 Å². The molecule has 1 unspecified atom stereocenters. The molecule has 1 N–H and O–H groups in total. The van der Waals surface area contributed by atoms with E-state index >= 15 is 0 Å². The van der Waals surface area contributed by atoms with Gasteiger partial charge in [0.15, 0.2) is 9.84 Å². The molecule has 6 heteroatoms. The maximum Gasteiger partial charge on any atom is 0.151 e. The largest absolute Gasteiger partial charge is 0.391 e. The minimum Gasteiger partial charge on any atom is -0.391 e. The Balaban J connectivity index is 2.17. The predicted octanol–water partition coefficient (Wildman–Crippen LogP) is 0.928. The number of aliphatic hydroxyl groups is 1. The molecule has 1 aliphatic rings. The Kier molecular flexibility index (Phi) is 3.08. The van der Waals surface area contributed by atoms with E-state index < -0.39 is 9.84 Å². The Hall–Kier alpha value is -0.460. The highest BCUT2D eigenvalue weighted by atomic mass is 32.2. The van der Waals surface area contributed by atoms with Crippen molar-refractivity contribution in [3.63, 3.8) is 0 Å². The fourth-order valence-corrected chi connectivity index (χ4v) is 4.53. The molecule has 1 aliphatic heterocycles. The van der Waals surface area contributed by atoms with Gasteiger partial charge in [0, 0.05) is 12.1 Å². The number of nitrogens with zero attached hydrogens (tertiary/aromatic N) is 1. The average molecular weight is 247 g/mol. The number of aliphatic hydroxyl groups excluding tert-OH is 1. The van der Waals surface area contributed by atoms with Crippen molar-refractivity contribution in [3.8, 4) is 0 Å². The summed E-state index contributed by atoms with van der Waals surface area (Å²) in [4.78, 5) is 4.97. The molecule has 4 nitrogen and oxygen atoms in total. The van der Waals surface area contributed by atoms with Crippen molar-refractivity contribution >= 4 is 21.2 Å². The summed E-state index contributed by atoms with van der Waals surface area (Å²) in [5.41, 5.74) is 0. The molecular weight excluding hydrogens is 234 g/mol. The second-order valence-corrected chi connectivity index (χ2v) is 7.15. The van der Waals surface area contributed by atoms with Crippen molar-refractivity contribution in [2.75, 3.05) is 11.5 Å². The molecule has 1 fully saturated rings. The summed E-state index contributed by atoms with van der Waals surface area (Å²) in [7, 11) is -2.87. The highest BCUT2D eigenvalue weighted by molar-refractivity contribution is 7.91. The van der Waals surface area contributed by atoms with Crippen molar-refractivity contribution in [3.05, 3.63) is 16.1 Å². The van der Waals surface area contributed by atoms with Gasteiger partial charge in [-0.1, -0.05) is 0 Å². The van der Waals surface area contributed by atoms with Crippen molar-refractivity contribution in [1.82, 2.24) is 4.98 Å². The highest BCUT2D eigenvalue weighted by Gasteiger charge is 2.27. The number of aromatic nitrogens is 1. The minimum absolute atomic E-state index is 0.0167. The summed E-state index contributed by atoms with van der Waals surface area (Å²) in [5.74, 6) is 0.557. The molecule has 0 radical (unpaired) electrons. The molecule has 15 heavy (non-hydrogen) atoms. The Labute approximate surface area is 92.9 Å². The molecule has 2 rings (SSSR count). The van der Waals surface area contributed by atoms with E-state index in [9.17, 15) is 8.42 Å². The third-order valence-electron chi connectivity index (χ3n) is 2.54. The monoisotopic (exact) mass is 247 g/mol. The van der Waals surface area contributed by atoms with Crippen LogP contribution < -0.4 is 0 Å². The summed E-state index contributed by atoms with van der Waals surface area (Å²) < 4.78 is 22.9. The van der Waals surface area contributed by atoms with Crippen LogP contribution >= 0.6 is 11.3 Å². The smallest absolute Gasteiger partial charge is 0.151 e. The van der Waals surface area contributed by atoms with E-state index in [4.69, 9.17) is 5.11 Å². The minimum atomic E-state index is -2.87. The van der Waals surface area contributed by atoms with Crippen LogP contribution in [0.2, 0.25) is 0 Å². The average Bonchev–Trinajstić information content (AvgIpc) is 2.64. The van der Waals surface area contributed by atoms with Gasteiger partial charge in [0.2, 0.25) is 0 Å². The molecule has 1 aromatic heterocycles. The first-order chi connectivity index (χ1) is 7.11. The van der Waals surface area contributed by atoms with Gasteiger partial charge >= 0.3 is 0 Å². The van der Waals surface area contributed by atoms with E-state index in [-0.39, 0.29) is 18.3 Å². The first-order valence-electron chi connectivity index (χ1n) is 4.86. The summed E-state index contributed by atoms with van der Waals surface area (Å²) in [6, 6.07) is 0. The van der Waals surface area contributed by atoms with Crippen LogP contribution in [0.25, 0.3) is 0 Å². The van der Waals surface area contributed by atoms with Gasteiger partial charge in [-0.05, 0) is 12.8 Å². The Morgan fingerprint density at radius 3 is 3.00 bits per heavy atom. The van der Waals surface area contributed by atoms with Crippen LogP contribution in [0.5, 0.6) is 0 Å². The second-order valence-electron chi connectivity index (χ2n) is 3.78. The quantitative estimate of drug-likeness (QED) is 0.844. The van der Waals surface area contributed by atoms with E-state index in [0.29, 0.717) is 5.75 Å². The Bertz CT molecular complexity index is 438. The Morgan fingerprint density at radius 1 is 1.60 bits per heavy atom. The van der Waals surface area contributed by atoms with Crippen LogP contribution in [0, 0.1) is 0 Å². The van der Waals surface area contributed by atoms with Gasteiger partial charge in [-0.2, -0.15) is 0 Å². The van der Waals surface area contributed by atoms with E-state index in [0.717, 1.165) is 22.7 Å². The van der Waals surface area contributed by atoms with Gasteiger partial charge in [-0.3, -0.25) is 0 Å². The highest BCUT2D eigenvalue weighted by Crippen LogP contribution is 2.30. The molecule has 0 aromatic carbocycles. The van der Waals surface area contributed by atoms with Gasteiger partial charge in [-0.25, -0.2) is 13.4 Å². The van der Waals surface area contributed by atoms with E-state index in [1.165, 1.54) is 11.3 Å². The molecule has 84 valence electrons. The topological polar surface area (TPSA) is 67.3 Å². The van der Waals surface area contributed by atoms with Crippen LogP contribution in [-0.2, 0) is 16.4 Å². The number of rotatable bonds is 2. The fourth-order valence-electron chi connectivity index (χ4n) is 1.80. The summed E-state index contributed by atoms with van der Waals surface area (Å²) in [6.45, 7) is -0.0167. The summed E-state index contributed by atoms with van der Waals surface area (Å²) in [5, 5.41) is 9.75. The number of hydrogen-bond acceptors (Lipinski definition) is 5. The Morgan fingerprint density at radius 2 is 2.40 bits per heavy atom. The lowest BCUT2D eigenvalue weighted by atomic mass is 10.1. The van der Waals surface area contributed by atoms with E-state index in [2.05, 4.69) is 4.98 Å². The van der Waals surface area contributed by atoms with Crippen LogP contribution in [-0.4, -0.2) is 30.0 Å². The number of thiazole rings is 1. The summed E-state index contributed by atoms with van der Waals surface area (Å²) in [6.07, 6.45) is 3.24. The SMILES string of the molecule is O=S1(=O)CCCC(c2ncc(CO)s2)C1. The molecule has 0 bridgehead atoms. The van der Waals surface area contributed by atoms with Gasteiger partial charge in [0.25, 0.3) is 0 Å². The molecule has 0 saturated carbocycles. The number of hydrogen-bond donors (Lipinski definition) is 1. The molecule has 0 amide bonds. The molecule has 1 aromatic rings. The first-order valence-corrected chi connectivity index (χ1v) is 7.50. The lowest BCUT2D eigenvalue weighted by Crippen LogP contribution is -2.23.